The molecule has 90 valence electrons. The van der Waals surface area contributed by atoms with E-state index in [0.717, 1.165) is 5.69 Å². The third-order valence-electron chi connectivity index (χ3n) is 1.74. The number of methoxy groups -OCH3 is 1. The molecule has 1 aromatic rings. The minimum absolute atomic E-state index is 0.355. The summed E-state index contributed by atoms with van der Waals surface area (Å²) in [6, 6.07) is 3.51. The highest BCUT2D eigenvalue weighted by molar-refractivity contribution is 6.16. The Kier molecular flexibility index (Phi) is 6.80. The van der Waals surface area contributed by atoms with Gasteiger partial charge in [-0.1, -0.05) is 0 Å². The predicted octanol–water partition coefficient (Wildman–Crippen LogP) is 1.26. The van der Waals surface area contributed by atoms with Gasteiger partial charge in [-0.15, -0.1) is 16.7 Å². The van der Waals surface area contributed by atoms with Gasteiger partial charge in [0, 0.05) is 13.2 Å². The fourth-order valence-corrected chi connectivity index (χ4v) is 1.09. The first-order valence-electron chi connectivity index (χ1n) is 4.95. The highest BCUT2D eigenvalue weighted by Gasteiger charge is 1.97. The van der Waals surface area contributed by atoms with Crippen molar-refractivity contribution in [1.29, 1.82) is 0 Å². The summed E-state index contributed by atoms with van der Waals surface area (Å²) in [5.74, 6) is 0.831. The van der Waals surface area contributed by atoms with Gasteiger partial charge >= 0.3 is 0 Å². The van der Waals surface area contributed by atoms with Crippen molar-refractivity contribution in [2.75, 3.05) is 33.5 Å². The maximum Gasteiger partial charge on any atom is 0.233 e. The Labute approximate surface area is 99.7 Å². The van der Waals surface area contributed by atoms with Crippen LogP contribution >= 0.6 is 11.6 Å². The van der Waals surface area contributed by atoms with E-state index >= 15 is 0 Å². The lowest BCUT2D eigenvalue weighted by atomic mass is 10.4. The smallest absolute Gasteiger partial charge is 0.233 e. The first-order chi connectivity index (χ1) is 7.86. The predicted molar refractivity (Wildman–Crippen MR) is 59.8 cm³/mol. The lowest BCUT2D eigenvalue weighted by molar-refractivity contribution is 0.0535. The fraction of sp³-hybridized carbons (Fsp3) is 0.600. The van der Waals surface area contributed by atoms with Crippen molar-refractivity contribution < 1.29 is 14.2 Å². The Morgan fingerprint density at radius 3 is 2.56 bits per heavy atom. The van der Waals surface area contributed by atoms with E-state index in [1.807, 2.05) is 0 Å². The normalized spacial score (nSPS) is 10.4. The quantitative estimate of drug-likeness (QED) is 0.511. The second-order valence-corrected chi connectivity index (χ2v) is 3.22. The van der Waals surface area contributed by atoms with Gasteiger partial charge in [0.15, 0.2) is 0 Å². The van der Waals surface area contributed by atoms with E-state index in [1.165, 1.54) is 0 Å². The summed E-state index contributed by atoms with van der Waals surface area (Å²) >= 11 is 5.58. The van der Waals surface area contributed by atoms with E-state index in [4.69, 9.17) is 25.8 Å². The molecule has 0 unspecified atom stereocenters. The number of halogens is 1. The second kappa shape index (κ2) is 8.27. The van der Waals surface area contributed by atoms with E-state index < -0.39 is 0 Å². The molecule has 0 N–H and O–H groups in total. The van der Waals surface area contributed by atoms with Crippen molar-refractivity contribution in [3.63, 3.8) is 0 Å². The van der Waals surface area contributed by atoms with Crippen LogP contribution in [0.4, 0.5) is 0 Å². The van der Waals surface area contributed by atoms with E-state index in [1.54, 1.807) is 19.2 Å². The molecule has 6 heteroatoms. The molecule has 0 fully saturated rings. The number of alkyl halides is 1. The van der Waals surface area contributed by atoms with Crippen LogP contribution in [0.25, 0.3) is 0 Å². The van der Waals surface area contributed by atoms with Crippen molar-refractivity contribution in [2.24, 2.45) is 0 Å². The van der Waals surface area contributed by atoms with Gasteiger partial charge in [-0.3, -0.25) is 0 Å². The first kappa shape index (κ1) is 13.2. The number of aromatic nitrogens is 2. The van der Waals surface area contributed by atoms with E-state index in [9.17, 15) is 0 Å². The molecular formula is C10H15ClN2O3. The molecule has 16 heavy (non-hydrogen) atoms. The highest BCUT2D eigenvalue weighted by atomic mass is 35.5. The second-order valence-electron chi connectivity index (χ2n) is 2.95. The molecule has 1 aromatic heterocycles. The first-order valence-corrected chi connectivity index (χ1v) is 5.48. The average Bonchev–Trinajstić information content (AvgIpc) is 2.34. The van der Waals surface area contributed by atoms with Gasteiger partial charge in [-0.25, -0.2) is 0 Å². The molecule has 0 bridgehead atoms. The van der Waals surface area contributed by atoms with Crippen LogP contribution in [0.15, 0.2) is 12.1 Å². The molecule has 0 aliphatic heterocycles. The van der Waals surface area contributed by atoms with Crippen LogP contribution in [-0.4, -0.2) is 43.7 Å². The van der Waals surface area contributed by atoms with Crippen molar-refractivity contribution in [2.45, 2.75) is 5.88 Å². The largest absolute Gasteiger partial charge is 0.474 e. The third kappa shape index (κ3) is 5.25. The maximum atomic E-state index is 5.58. The zero-order chi connectivity index (χ0) is 11.6. The molecule has 0 spiro atoms. The SMILES string of the molecule is COCCOCCOc1ccc(CCl)nn1. The van der Waals surface area contributed by atoms with Gasteiger partial charge in [-0.2, -0.15) is 5.10 Å². The maximum absolute atomic E-state index is 5.58. The number of nitrogens with zero attached hydrogens (tertiary/aromatic N) is 2. The van der Waals surface area contributed by atoms with E-state index in [0.29, 0.717) is 38.2 Å². The van der Waals surface area contributed by atoms with Crippen LogP contribution in [-0.2, 0) is 15.4 Å². The Balaban J connectivity index is 2.12. The number of hydrogen-bond donors (Lipinski definition) is 0. The molecule has 0 aromatic carbocycles. The average molecular weight is 247 g/mol. The summed E-state index contributed by atoms with van der Waals surface area (Å²) in [6.45, 7) is 2.10. The molecule has 0 aliphatic rings. The van der Waals surface area contributed by atoms with Crippen LogP contribution in [0, 0.1) is 0 Å². The number of ether oxygens (including phenoxy) is 3. The van der Waals surface area contributed by atoms with Crippen molar-refractivity contribution in [1.82, 2.24) is 10.2 Å². The summed E-state index contributed by atoms with van der Waals surface area (Å²) in [4.78, 5) is 0. The summed E-state index contributed by atoms with van der Waals surface area (Å²) < 4.78 is 15.4. The Morgan fingerprint density at radius 1 is 1.12 bits per heavy atom. The van der Waals surface area contributed by atoms with Crippen LogP contribution in [0.3, 0.4) is 0 Å². The fourth-order valence-electron chi connectivity index (χ4n) is 0.945. The Hall–Kier alpha value is -0.910. The molecule has 1 rings (SSSR count). The van der Waals surface area contributed by atoms with E-state index in [2.05, 4.69) is 10.2 Å². The molecule has 5 nitrogen and oxygen atoms in total. The molecule has 0 radical (unpaired) electrons. The van der Waals surface area contributed by atoms with Crippen molar-refractivity contribution in [3.8, 4) is 5.88 Å². The number of rotatable bonds is 8. The number of hydrogen-bond acceptors (Lipinski definition) is 5. The van der Waals surface area contributed by atoms with Gasteiger partial charge in [-0.05, 0) is 6.07 Å². The van der Waals surface area contributed by atoms with Gasteiger partial charge in [0.05, 0.1) is 31.4 Å². The van der Waals surface area contributed by atoms with Crippen molar-refractivity contribution in [3.05, 3.63) is 17.8 Å². The topological polar surface area (TPSA) is 53.5 Å². The highest BCUT2D eigenvalue weighted by Crippen LogP contribution is 2.05. The lowest BCUT2D eigenvalue weighted by Gasteiger charge is -2.05. The molecular weight excluding hydrogens is 232 g/mol. The third-order valence-corrected chi connectivity index (χ3v) is 2.02. The van der Waals surface area contributed by atoms with Gasteiger partial charge in [0.2, 0.25) is 5.88 Å². The Morgan fingerprint density at radius 2 is 1.94 bits per heavy atom. The zero-order valence-electron chi connectivity index (χ0n) is 9.19. The molecule has 0 atom stereocenters. The monoisotopic (exact) mass is 246 g/mol. The summed E-state index contributed by atoms with van der Waals surface area (Å²) in [7, 11) is 1.63. The minimum Gasteiger partial charge on any atom is -0.474 e. The van der Waals surface area contributed by atoms with Gasteiger partial charge < -0.3 is 14.2 Å². The van der Waals surface area contributed by atoms with Gasteiger partial charge in [0.1, 0.15) is 6.61 Å². The summed E-state index contributed by atoms with van der Waals surface area (Å²) in [5.41, 5.74) is 0.727. The van der Waals surface area contributed by atoms with Crippen molar-refractivity contribution >= 4 is 11.6 Å². The van der Waals surface area contributed by atoms with Crippen LogP contribution in [0.5, 0.6) is 5.88 Å². The molecule has 0 saturated carbocycles. The molecule has 1 heterocycles. The van der Waals surface area contributed by atoms with Gasteiger partial charge in [0.25, 0.3) is 0 Å². The molecule has 0 aliphatic carbocycles. The summed E-state index contributed by atoms with van der Waals surface area (Å²) in [5, 5.41) is 7.70. The van der Waals surface area contributed by atoms with Crippen LogP contribution < -0.4 is 4.74 Å². The van der Waals surface area contributed by atoms with E-state index in [-0.39, 0.29) is 0 Å². The van der Waals surface area contributed by atoms with Crippen LogP contribution in [0.2, 0.25) is 0 Å². The summed E-state index contributed by atoms with van der Waals surface area (Å²) in [6.07, 6.45) is 0. The molecule has 0 saturated heterocycles. The standard InChI is InChI=1S/C10H15ClN2O3/c1-14-4-5-15-6-7-16-10-3-2-9(8-11)12-13-10/h2-3H,4-8H2,1H3. The Bertz CT molecular complexity index is 282. The minimum atomic E-state index is 0.355. The van der Waals surface area contributed by atoms with Crippen LogP contribution in [0.1, 0.15) is 5.69 Å². The zero-order valence-corrected chi connectivity index (χ0v) is 9.94. The lowest BCUT2D eigenvalue weighted by Crippen LogP contribution is -2.10. The molecule has 0 amide bonds.